The molecule has 0 saturated heterocycles. The monoisotopic (exact) mass is 289 g/mol. The van der Waals surface area contributed by atoms with Crippen LogP contribution in [-0.4, -0.2) is 38.6 Å². The Kier molecular flexibility index (Phi) is 4.86. The van der Waals surface area contributed by atoms with Gasteiger partial charge in [-0.1, -0.05) is 5.21 Å². The van der Waals surface area contributed by atoms with Gasteiger partial charge in [-0.05, 0) is 30.7 Å². The highest BCUT2D eigenvalue weighted by Gasteiger charge is 2.04. The fraction of sp³-hybridized carbons (Fsp3) is 0.231. The van der Waals surface area contributed by atoms with Gasteiger partial charge >= 0.3 is 12.0 Å². The smallest absolute Gasteiger partial charge is 0.335 e. The van der Waals surface area contributed by atoms with Crippen LogP contribution in [0, 0.1) is 0 Å². The second-order valence-electron chi connectivity index (χ2n) is 4.28. The SMILES string of the molecule is O=C(NCCCn1ccnn1)Nc1ccc(C(=O)O)cc1. The minimum Gasteiger partial charge on any atom is -0.478 e. The molecular formula is C13H15N5O3. The molecule has 8 heteroatoms. The molecule has 3 N–H and O–H groups in total. The van der Waals surface area contributed by atoms with Crippen molar-refractivity contribution in [2.24, 2.45) is 0 Å². The quantitative estimate of drug-likeness (QED) is 0.692. The number of benzene rings is 1. The molecule has 2 amide bonds. The molecule has 110 valence electrons. The number of carboxylic acids is 1. The number of carbonyl (C=O) groups excluding carboxylic acids is 1. The number of aromatic nitrogens is 3. The van der Waals surface area contributed by atoms with Crippen LogP contribution in [0.2, 0.25) is 0 Å². The van der Waals surface area contributed by atoms with Crippen LogP contribution in [0.25, 0.3) is 0 Å². The molecular weight excluding hydrogens is 274 g/mol. The van der Waals surface area contributed by atoms with Crippen LogP contribution in [0.1, 0.15) is 16.8 Å². The molecule has 0 atom stereocenters. The average Bonchev–Trinajstić information content (AvgIpc) is 2.97. The van der Waals surface area contributed by atoms with Gasteiger partial charge in [0.25, 0.3) is 0 Å². The highest BCUT2D eigenvalue weighted by atomic mass is 16.4. The summed E-state index contributed by atoms with van der Waals surface area (Å²) in [7, 11) is 0. The number of carboxylic acid groups (broad SMARTS) is 1. The first-order chi connectivity index (χ1) is 10.1. The van der Waals surface area contributed by atoms with Gasteiger partial charge in [0, 0.05) is 25.0 Å². The summed E-state index contributed by atoms with van der Waals surface area (Å²) in [5.41, 5.74) is 0.711. The number of rotatable bonds is 6. The predicted octanol–water partition coefficient (Wildman–Crippen LogP) is 1.19. The molecule has 0 spiro atoms. The molecule has 0 radical (unpaired) electrons. The van der Waals surface area contributed by atoms with Crippen LogP contribution in [-0.2, 0) is 6.54 Å². The van der Waals surface area contributed by atoms with Crippen molar-refractivity contribution in [2.45, 2.75) is 13.0 Å². The summed E-state index contributed by atoms with van der Waals surface area (Å²) >= 11 is 0. The zero-order valence-electron chi connectivity index (χ0n) is 11.2. The molecule has 21 heavy (non-hydrogen) atoms. The summed E-state index contributed by atoms with van der Waals surface area (Å²) in [6.07, 6.45) is 4.08. The van der Waals surface area contributed by atoms with E-state index >= 15 is 0 Å². The number of aromatic carboxylic acids is 1. The first-order valence-corrected chi connectivity index (χ1v) is 6.37. The van der Waals surface area contributed by atoms with Gasteiger partial charge in [-0.3, -0.25) is 4.68 Å². The van der Waals surface area contributed by atoms with E-state index in [1.807, 2.05) is 0 Å². The number of urea groups is 1. The Hall–Kier alpha value is -2.90. The van der Waals surface area contributed by atoms with Crippen molar-refractivity contribution < 1.29 is 14.7 Å². The molecule has 8 nitrogen and oxygen atoms in total. The van der Waals surface area contributed by atoms with Crippen molar-refractivity contribution in [1.82, 2.24) is 20.3 Å². The Morgan fingerprint density at radius 3 is 2.62 bits per heavy atom. The van der Waals surface area contributed by atoms with Crippen LogP contribution < -0.4 is 10.6 Å². The van der Waals surface area contributed by atoms with Crippen molar-refractivity contribution in [3.05, 3.63) is 42.2 Å². The molecule has 0 aliphatic rings. The molecule has 0 aliphatic carbocycles. The lowest BCUT2D eigenvalue weighted by Crippen LogP contribution is -2.30. The molecule has 0 aliphatic heterocycles. The Bertz CT molecular complexity index is 595. The Morgan fingerprint density at radius 1 is 1.24 bits per heavy atom. The van der Waals surface area contributed by atoms with E-state index in [-0.39, 0.29) is 11.6 Å². The van der Waals surface area contributed by atoms with Crippen LogP contribution >= 0.6 is 0 Å². The van der Waals surface area contributed by atoms with E-state index in [1.165, 1.54) is 12.1 Å². The molecule has 0 saturated carbocycles. The van der Waals surface area contributed by atoms with Crippen LogP contribution in [0.4, 0.5) is 10.5 Å². The van der Waals surface area contributed by atoms with Crippen LogP contribution in [0.15, 0.2) is 36.7 Å². The van der Waals surface area contributed by atoms with Gasteiger partial charge in [-0.15, -0.1) is 5.10 Å². The zero-order valence-corrected chi connectivity index (χ0v) is 11.2. The number of carbonyl (C=O) groups is 2. The Morgan fingerprint density at radius 2 is 2.00 bits per heavy atom. The number of nitrogens with zero attached hydrogens (tertiary/aromatic N) is 3. The van der Waals surface area contributed by atoms with E-state index in [9.17, 15) is 9.59 Å². The zero-order chi connectivity index (χ0) is 15.1. The fourth-order valence-corrected chi connectivity index (χ4v) is 1.67. The maximum Gasteiger partial charge on any atom is 0.335 e. The molecule has 1 aromatic heterocycles. The van der Waals surface area contributed by atoms with Gasteiger partial charge in [-0.2, -0.15) is 0 Å². The first-order valence-electron chi connectivity index (χ1n) is 6.37. The summed E-state index contributed by atoms with van der Waals surface area (Å²) in [5, 5.41) is 21.6. The number of aryl methyl sites for hydroxylation is 1. The minimum absolute atomic E-state index is 0.175. The van der Waals surface area contributed by atoms with E-state index in [0.29, 0.717) is 18.8 Å². The van der Waals surface area contributed by atoms with E-state index < -0.39 is 5.97 Å². The van der Waals surface area contributed by atoms with Crippen molar-refractivity contribution in [2.75, 3.05) is 11.9 Å². The number of amides is 2. The minimum atomic E-state index is -1.00. The summed E-state index contributed by atoms with van der Waals surface area (Å²) in [6, 6.07) is 5.61. The van der Waals surface area contributed by atoms with E-state index in [1.54, 1.807) is 29.2 Å². The lowest BCUT2D eigenvalue weighted by atomic mass is 10.2. The Balaban J connectivity index is 1.70. The molecule has 2 aromatic rings. The second-order valence-corrected chi connectivity index (χ2v) is 4.28. The highest BCUT2D eigenvalue weighted by Crippen LogP contribution is 2.09. The van der Waals surface area contributed by atoms with Gasteiger partial charge in [-0.25, -0.2) is 9.59 Å². The number of hydrogen-bond donors (Lipinski definition) is 3. The number of hydrogen-bond acceptors (Lipinski definition) is 4. The second kappa shape index (κ2) is 7.04. The van der Waals surface area contributed by atoms with Gasteiger partial charge in [0.05, 0.1) is 11.8 Å². The van der Waals surface area contributed by atoms with Crippen molar-refractivity contribution in [3.8, 4) is 0 Å². The topological polar surface area (TPSA) is 109 Å². The third-order valence-electron chi connectivity index (χ3n) is 2.71. The Labute approximate surface area is 120 Å². The van der Waals surface area contributed by atoms with Gasteiger partial charge < -0.3 is 15.7 Å². The van der Waals surface area contributed by atoms with Gasteiger partial charge in [0.2, 0.25) is 0 Å². The summed E-state index contributed by atoms with van der Waals surface area (Å²) < 4.78 is 1.68. The highest BCUT2D eigenvalue weighted by molar-refractivity contribution is 5.91. The predicted molar refractivity (Wildman–Crippen MR) is 75.1 cm³/mol. The largest absolute Gasteiger partial charge is 0.478 e. The number of nitrogens with one attached hydrogen (secondary N) is 2. The maximum absolute atomic E-state index is 11.6. The van der Waals surface area contributed by atoms with E-state index in [2.05, 4.69) is 20.9 Å². The average molecular weight is 289 g/mol. The van der Waals surface area contributed by atoms with Crippen molar-refractivity contribution in [3.63, 3.8) is 0 Å². The normalized spacial score (nSPS) is 10.1. The van der Waals surface area contributed by atoms with E-state index in [0.717, 1.165) is 6.42 Å². The third kappa shape index (κ3) is 4.60. The maximum atomic E-state index is 11.6. The van der Waals surface area contributed by atoms with E-state index in [4.69, 9.17) is 5.11 Å². The summed E-state index contributed by atoms with van der Waals surface area (Å²) in [4.78, 5) is 22.3. The molecule has 0 fully saturated rings. The number of anilines is 1. The summed E-state index contributed by atoms with van der Waals surface area (Å²) in [6.45, 7) is 1.17. The van der Waals surface area contributed by atoms with Gasteiger partial charge in [0.1, 0.15) is 0 Å². The van der Waals surface area contributed by atoms with Crippen molar-refractivity contribution in [1.29, 1.82) is 0 Å². The first kappa shape index (κ1) is 14.5. The molecule has 1 heterocycles. The lowest BCUT2D eigenvalue weighted by Gasteiger charge is -2.07. The standard InChI is InChI=1S/C13H15N5O3/c19-12(20)10-2-4-11(5-3-10)16-13(21)14-6-1-8-18-9-7-15-17-18/h2-5,7,9H,1,6,8H2,(H,19,20)(H2,14,16,21). The lowest BCUT2D eigenvalue weighted by molar-refractivity contribution is 0.0697. The van der Waals surface area contributed by atoms with Gasteiger partial charge in [0.15, 0.2) is 0 Å². The summed E-state index contributed by atoms with van der Waals surface area (Å²) in [5.74, 6) is -1.00. The molecule has 1 aromatic carbocycles. The molecule has 2 rings (SSSR count). The fourth-order valence-electron chi connectivity index (χ4n) is 1.67. The molecule has 0 unspecified atom stereocenters. The third-order valence-corrected chi connectivity index (χ3v) is 2.71. The van der Waals surface area contributed by atoms with Crippen LogP contribution in [0.5, 0.6) is 0 Å². The van der Waals surface area contributed by atoms with Crippen LogP contribution in [0.3, 0.4) is 0 Å². The molecule has 0 bridgehead atoms. The van der Waals surface area contributed by atoms with Crippen molar-refractivity contribution >= 4 is 17.7 Å².